The molecule has 0 unspecified atom stereocenters. The third-order valence-electron chi connectivity index (χ3n) is 2.35. The van der Waals surface area contributed by atoms with Crippen LogP contribution in [0.5, 0.6) is 5.75 Å². The van der Waals surface area contributed by atoms with Crippen molar-refractivity contribution in [1.82, 2.24) is 5.32 Å². The van der Waals surface area contributed by atoms with E-state index in [0.29, 0.717) is 13.0 Å². The van der Waals surface area contributed by atoms with Crippen molar-refractivity contribution in [1.29, 1.82) is 0 Å². The molecule has 0 radical (unpaired) electrons. The average Bonchev–Trinajstić information content (AvgIpc) is 2.19. The van der Waals surface area contributed by atoms with Crippen molar-refractivity contribution in [3.05, 3.63) is 29.8 Å². The Morgan fingerprint density at radius 2 is 1.94 bits per heavy atom. The Kier molecular flexibility index (Phi) is 3.93. The maximum Gasteiger partial charge on any atom is 0.225 e. The summed E-state index contributed by atoms with van der Waals surface area (Å²) < 4.78 is 0. The van der Waals surface area contributed by atoms with E-state index in [2.05, 4.69) is 5.32 Å². The van der Waals surface area contributed by atoms with Gasteiger partial charge in [-0.15, -0.1) is 0 Å². The Morgan fingerprint density at radius 3 is 2.50 bits per heavy atom. The van der Waals surface area contributed by atoms with Crippen molar-refractivity contribution in [2.75, 3.05) is 6.54 Å². The van der Waals surface area contributed by atoms with E-state index >= 15 is 0 Å². The SMILES string of the molecule is CC(C)(C)C(=O)NCCc1ccccc1O. The zero-order valence-electron chi connectivity index (χ0n) is 10.1. The van der Waals surface area contributed by atoms with E-state index in [4.69, 9.17) is 0 Å². The van der Waals surface area contributed by atoms with Gasteiger partial charge in [-0.25, -0.2) is 0 Å². The van der Waals surface area contributed by atoms with Crippen LogP contribution in [-0.4, -0.2) is 17.6 Å². The van der Waals surface area contributed by atoms with Crippen molar-refractivity contribution in [2.24, 2.45) is 5.41 Å². The summed E-state index contributed by atoms with van der Waals surface area (Å²) in [6.45, 7) is 6.18. The van der Waals surface area contributed by atoms with Gasteiger partial charge in [0.1, 0.15) is 5.75 Å². The Morgan fingerprint density at radius 1 is 1.31 bits per heavy atom. The van der Waals surface area contributed by atoms with Crippen molar-refractivity contribution in [3.63, 3.8) is 0 Å². The van der Waals surface area contributed by atoms with E-state index in [9.17, 15) is 9.90 Å². The Hall–Kier alpha value is -1.51. The number of amides is 1. The van der Waals surface area contributed by atoms with E-state index in [1.165, 1.54) is 0 Å². The van der Waals surface area contributed by atoms with Crippen molar-refractivity contribution < 1.29 is 9.90 Å². The van der Waals surface area contributed by atoms with Gasteiger partial charge in [-0.05, 0) is 18.1 Å². The first-order valence-electron chi connectivity index (χ1n) is 5.46. The number of nitrogens with one attached hydrogen (secondary N) is 1. The molecular weight excluding hydrogens is 202 g/mol. The zero-order chi connectivity index (χ0) is 12.2. The quantitative estimate of drug-likeness (QED) is 0.821. The zero-order valence-corrected chi connectivity index (χ0v) is 10.1. The van der Waals surface area contributed by atoms with Crippen molar-refractivity contribution >= 4 is 5.91 Å². The van der Waals surface area contributed by atoms with Crippen LogP contribution in [0.25, 0.3) is 0 Å². The molecule has 0 aromatic heterocycles. The molecule has 0 saturated heterocycles. The molecular formula is C13H19NO2. The maximum atomic E-state index is 11.6. The summed E-state index contributed by atoms with van der Waals surface area (Å²) in [7, 11) is 0. The predicted octanol–water partition coefficient (Wildman–Crippen LogP) is 2.10. The van der Waals surface area contributed by atoms with Crippen LogP contribution in [0.2, 0.25) is 0 Å². The van der Waals surface area contributed by atoms with E-state index in [-0.39, 0.29) is 17.1 Å². The molecule has 0 saturated carbocycles. The van der Waals surface area contributed by atoms with Gasteiger partial charge in [-0.1, -0.05) is 39.0 Å². The first kappa shape index (κ1) is 12.6. The topological polar surface area (TPSA) is 49.3 Å². The molecule has 1 aromatic carbocycles. The summed E-state index contributed by atoms with van der Waals surface area (Å²) in [6, 6.07) is 7.17. The molecule has 2 N–H and O–H groups in total. The normalized spacial score (nSPS) is 11.2. The fourth-order valence-corrected chi connectivity index (χ4v) is 1.30. The van der Waals surface area contributed by atoms with Crippen LogP contribution in [0.15, 0.2) is 24.3 Å². The van der Waals surface area contributed by atoms with Gasteiger partial charge in [-0.3, -0.25) is 4.79 Å². The lowest BCUT2D eigenvalue weighted by Gasteiger charge is -2.17. The highest BCUT2D eigenvalue weighted by Crippen LogP contribution is 2.16. The number of carbonyl (C=O) groups excluding carboxylic acids is 1. The van der Waals surface area contributed by atoms with Crippen molar-refractivity contribution in [3.8, 4) is 5.75 Å². The van der Waals surface area contributed by atoms with E-state index in [0.717, 1.165) is 5.56 Å². The molecule has 0 fully saturated rings. The number of phenolic OH excluding ortho intramolecular Hbond substituents is 1. The minimum atomic E-state index is -0.362. The summed E-state index contributed by atoms with van der Waals surface area (Å²) in [6.07, 6.45) is 0.647. The van der Waals surface area contributed by atoms with E-state index < -0.39 is 0 Å². The Bertz CT molecular complexity index is 366. The number of aromatic hydroxyl groups is 1. The van der Waals surface area contributed by atoms with Gasteiger partial charge >= 0.3 is 0 Å². The minimum absolute atomic E-state index is 0.0305. The Balaban J connectivity index is 2.43. The van der Waals surface area contributed by atoms with Gasteiger partial charge < -0.3 is 10.4 Å². The molecule has 0 aliphatic heterocycles. The number of para-hydroxylation sites is 1. The summed E-state index contributed by atoms with van der Waals surface area (Å²) in [4.78, 5) is 11.6. The molecule has 0 bridgehead atoms. The molecule has 1 rings (SSSR count). The lowest BCUT2D eigenvalue weighted by molar-refractivity contribution is -0.128. The van der Waals surface area contributed by atoms with Crippen LogP contribution in [0.1, 0.15) is 26.3 Å². The van der Waals surface area contributed by atoms with E-state index in [1.54, 1.807) is 12.1 Å². The first-order valence-corrected chi connectivity index (χ1v) is 5.46. The van der Waals surface area contributed by atoms with Crippen LogP contribution >= 0.6 is 0 Å². The number of benzene rings is 1. The molecule has 0 spiro atoms. The van der Waals surface area contributed by atoms with Gasteiger partial charge in [-0.2, -0.15) is 0 Å². The lowest BCUT2D eigenvalue weighted by atomic mass is 9.95. The van der Waals surface area contributed by atoms with Crippen LogP contribution in [0, 0.1) is 5.41 Å². The second-order valence-corrected chi connectivity index (χ2v) is 4.88. The molecule has 16 heavy (non-hydrogen) atoms. The first-order chi connectivity index (χ1) is 7.41. The third kappa shape index (κ3) is 3.57. The molecule has 88 valence electrons. The molecule has 0 atom stereocenters. The van der Waals surface area contributed by atoms with Gasteiger partial charge in [0.25, 0.3) is 0 Å². The highest BCUT2D eigenvalue weighted by atomic mass is 16.3. The molecule has 0 aliphatic carbocycles. The summed E-state index contributed by atoms with van der Waals surface area (Å²) in [5, 5.41) is 12.4. The maximum absolute atomic E-state index is 11.6. The van der Waals surface area contributed by atoms with Crippen molar-refractivity contribution in [2.45, 2.75) is 27.2 Å². The molecule has 3 heteroatoms. The van der Waals surface area contributed by atoms with Crippen LogP contribution < -0.4 is 5.32 Å². The van der Waals surface area contributed by atoms with Gasteiger partial charge in [0.2, 0.25) is 5.91 Å². The van der Waals surface area contributed by atoms with E-state index in [1.807, 2.05) is 32.9 Å². The fraction of sp³-hybridized carbons (Fsp3) is 0.462. The molecule has 3 nitrogen and oxygen atoms in total. The second-order valence-electron chi connectivity index (χ2n) is 4.88. The van der Waals surface area contributed by atoms with Crippen LogP contribution in [0.3, 0.4) is 0 Å². The standard InChI is InChI=1S/C13H19NO2/c1-13(2,3)12(16)14-9-8-10-6-4-5-7-11(10)15/h4-7,15H,8-9H2,1-3H3,(H,14,16). The highest BCUT2D eigenvalue weighted by Gasteiger charge is 2.20. The third-order valence-corrected chi connectivity index (χ3v) is 2.35. The van der Waals surface area contributed by atoms with Crippen LogP contribution in [0.4, 0.5) is 0 Å². The number of rotatable bonds is 3. The number of carbonyl (C=O) groups is 1. The smallest absolute Gasteiger partial charge is 0.225 e. The fourth-order valence-electron chi connectivity index (χ4n) is 1.30. The largest absolute Gasteiger partial charge is 0.508 e. The second kappa shape index (κ2) is 5.01. The molecule has 1 aromatic rings. The van der Waals surface area contributed by atoms with Gasteiger partial charge in [0.15, 0.2) is 0 Å². The molecule has 0 heterocycles. The Labute approximate surface area is 96.5 Å². The highest BCUT2D eigenvalue weighted by molar-refractivity contribution is 5.81. The number of hydrogen-bond donors (Lipinski definition) is 2. The monoisotopic (exact) mass is 221 g/mol. The predicted molar refractivity (Wildman–Crippen MR) is 64.3 cm³/mol. The van der Waals surface area contributed by atoms with Gasteiger partial charge in [0, 0.05) is 12.0 Å². The molecule has 1 amide bonds. The van der Waals surface area contributed by atoms with Crippen LogP contribution in [-0.2, 0) is 11.2 Å². The lowest BCUT2D eigenvalue weighted by Crippen LogP contribution is -2.35. The summed E-state index contributed by atoms with van der Waals surface area (Å²) in [5.41, 5.74) is 0.496. The number of phenols is 1. The minimum Gasteiger partial charge on any atom is -0.508 e. The van der Waals surface area contributed by atoms with Gasteiger partial charge in [0.05, 0.1) is 0 Å². The summed E-state index contributed by atoms with van der Waals surface area (Å²) >= 11 is 0. The summed E-state index contributed by atoms with van der Waals surface area (Å²) in [5.74, 6) is 0.315. The molecule has 0 aliphatic rings. The number of hydrogen-bond acceptors (Lipinski definition) is 2. The average molecular weight is 221 g/mol.